The van der Waals surface area contributed by atoms with Crippen LogP contribution in [0.2, 0.25) is 0 Å². The highest BCUT2D eigenvalue weighted by Crippen LogP contribution is 2.19. The Bertz CT molecular complexity index is 720. The minimum atomic E-state index is -1.20. The molecule has 2 rings (SSSR count). The maximum Gasteiger partial charge on any atom is 0.258 e. The first-order valence-corrected chi connectivity index (χ1v) is 5.79. The summed E-state index contributed by atoms with van der Waals surface area (Å²) in [5.74, 6) is -3.04. The molecule has 3 nitrogen and oxygen atoms in total. The fourth-order valence-electron chi connectivity index (χ4n) is 1.70. The van der Waals surface area contributed by atoms with Crippen LogP contribution in [0.4, 0.5) is 14.5 Å². The number of aryl methyl sites for hydroxylation is 1. The maximum absolute atomic E-state index is 13.5. The van der Waals surface area contributed by atoms with Crippen LogP contribution in [0.25, 0.3) is 0 Å². The number of nitriles is 1. The molecule has 1 amide bonds. The van der Waals surface area contributed by atoms with Gasteiger partial charge in [0, 0.05) is 5.69 Å². The lowest BCUT2D eigenvalue weighted by atomic mass is 10.1. The third kappa shape index (κ3) is 2.64. The van der Waals surface area contributed by atoms with E-state index in [1.54, 1.807) is 19.1 Å². The van der Waals surface area contributed by atoms with E-state index in [4.69, 9.17) is 5.26 Å². The van der Waals surface area contributed by atoms with Gasteiger partial charge in [-0.25, -0.2) is 8.78 Å². The van der Waals surface area contributed by atoms with Crippen molar-refractivity contribution in [3.05, 3.63) is 64.7 Å². The smallest absolute Gasteiger partial charge is 0.258 e. The van der Waals surface area contributed by atoms with Crippen molar-refractivity contribution in [1.82, 2.24) is 0 Å². The van der Waals surface area contributed by atoms with E-state index in [-0.39, 0.29) is 5.56 Å². The number of amides is 1. The van der Waals surface area contributed by atoms with Gasteiger partial charge in [0.15, 0.2) is 11.6 Å². The molecule has 20 heavy (non-hydrogen) atoms. The summed E-state index contributed by atoms with van der Waals surface area (Å²) in [5, 5.41) is 11.3. The first-order chi connectivity index (χ1) is 9.52. The van der Waals surface area contributed by atoms with E-state index in [9.17, 15) is 13.6 Å². The molecular formula is C15H10F2N2O. The zero-order valence-electron chi connectivity index (χ0n) is 10.6. The number of anilines is 1. The van der Waals surface area contributed by atoms with E-state index in [0.717, 1.165) is 6.07 Å². The molecule has 0 unspecified atom stereocenters. The summed E-state index contributed by atoms with van der Waals surface area (Å²) in [5.41, 5.74) is 1.09. The molecule has 2 aromatic rings. The molecule has 0 bridgehead atoms. The molecule has 0 saturated heterocycles. The molecule has 0 aliphatic rings. The Labute approximate surface area is 114 Å². The van der Waals surface area contributed by atoms with Gasteiger partial charge in [-0.05, 0) is 36.8 Å². The average molecular weight is 272 g/mol. The lowest BCUT2D eigenvalue weighted by molar-refractivity contribution is 0.102. The number of carbonyl (C=O) groups is 1. The van der Waals surface area contributed by atoms with Crippen molar-refractivity contribution >= 4 is 11.6 Å². The van der Waals surface area contributed by atoms with Crippen LogP contribution >= 0.6 is 0 Å². The molecule has 0 atom stereocenters. The SMILES string of the molecule is Cc1ccc(C#N)cc1NC(=O)c1cccc(F)c1F. The van der Waals surface area contributed by atoms with Gasteiger partial charge in [0.25, 0.3) is 5.91 Å². The molecule has 1 N–H and O–H groups in total. The Morgan fingerprint density at radius 1 is 1.25 bits per heavy atom. The number of benzene rings is 2. The Morgan fingerprint density at radius 2 is 2.00 bits per heavy atom. The Balaban J connectivity index is 2.33. The number of hydrogen-bond donors (Lipinski definition) is 1. The quantitative estimate of drug-likeness (QED) is 0.911. The highest BCUT2D eigenvalue weighted by atomic mass is 19.2. The van der Waals surface area contributed by atoms with Crippen LogP contribution in [0.5, 0.6) is 0 Å². The van der Waals surface area contributed by atoms with E-state index in [1.165, 1.54) is 18.2 Å². The summed E-state index contributed by atoms with van der Waals surface area (Å²) in [7, 11) is 0. The third-order valence-electron chi connectivity index (χ3n) is 2.81. The zero-order chi connectivity index (χ0) is 14.7. The largest absolute Gasteiger partial charge is 0.322 e. The van der Waals surface area contributed by atoms with Gasteiger partial charge in [-0.3, -0.25) is 4.79 Å². The fourth-order valence-corrected chi connectivity index (χ4v) is 1.70. The standard InChI is InChI=1S/C15H10F2N2O/c1-9-5-6-10(8-18)7-13(9)19-15(20)11-3-2-4-12(16)14(11)17/h2-7H,1H3,(H,19,20). The van der Waals surface area contributed by atoms with Crippen LogP contribution in [0.15, 0.2) is 36.4 Å². The van der Waals surface area contributed by atoms with Crippen LogP contribution in [0.3, 0.4) is 0 Å². The second-order valence-electron chi connectivity index (χ2n) is 4.20. The van der Waals surface area contributed by atoms with E-state index in [2.05, 4.69) is 5.32 Å². The van der Waals surface area contributed by atoms with Gasteiger partial charge in [0.1, 0.15) is 0 Å². The predicted molar refractivity (Wildman–Crippen MR) is 70.2 cm³/mol. The normalized spacial score (nSPS) is 9.90. The number of carbonyl (C=O) groups excluding carboxylic acids is 1. The molecule has 0 aliphatic carbocycles. The summed E-state index contributed by atoms with van der Waals surface area (Å²) >= 11 is 0. The van der Waals surface area contributed by atoms with Crippen LogP contribution < -0.4 is 5.32 Å². The molecule has 0 aromatic heterocycles. The van der Waals surface area contributed by atoms with E-state index in [1.807, 2.05) is 6.07 Å². The summed E-state index contributed by atoms with van der Waals surface area (Å²) in [6.45, 7) is 1.73. The molecule has 0 fully saturated rings. The van der Waals surface area contributed by atoms with Gasteiger partial charge in [-0.15, -0.1) is 0 Å². The van der Waals surface area contributed by atoms with Crippen molar-refractivity contribution in [2.45, 2.75) is 6.92 Å². The first-order valence-electron chi connectivity index (χ1n) is 5.79. The molecule has 0 radical (unpaired) electrons. The highest BCUT2D eigenvalue weighted by molar-refractivity contribution is 6.04. The van der Waals surface area contributed by atoms with Gasteiger partial charge in [-0.2, -0.15) is 5.26 Å². The van der Waals surface area contributed by atoms with Crippen molar-refractivity contribution < 1.29 is 13.6 Å². The fraction of sp³-hybridized carbons (Fsp3) is 0.0667. The minimum absolute atomic E-state index is 0.366. The Kier molecular flexibility index (Phi) is 3.76. The Hall–Kier alpha value is -2.74. The number of hydrogen-bond acceptors (Lipinski definition) is 2. The molecule has 100 valence electrons. The summed E-state index contributed by atoms with van der Waals surface area (Å²) in [6.07, 6.45) is 0. The topological polar surface area (TPSA) is 52.9 Å². The van der Waals surface area contributed by atoms with Crippen LogP contribution in [0, 0.1) is 29.9 Å². The number of halogens is 2. The van der Waals surface area contributed by atoms with Crippen molar-refractivity contribution in [3.63, 3.8) is 0 Å². The van der Waals surface area contributed by atoms with Crippen molar-refractivity contribution in [2.75, 3.05) is 5.32 Å². The van der Waals surface area contributed by atoms with E-state index >= 15 is 0 Å². The first kappa shape index (κ1) is 13.7. The molecule has 0 spiro atoms. The van der Waals surface area contributed by atoms with E-state index in [0.29, 0.717) is 16.8 Å². The molecule has 5 heteroatoms. The molecule has 0 saturated carbocycles. The van der Waals surface area contributed by atoms with Gasteiger partial charge < -0.3 is 5.32 Å². The lowest BCUT2D eigenvalue weighted by Gasteiger charge is -2.09. The summed E-state index contributed by atoms with van der Waals surface area (Å²) in [6, 6.07) is 10.1. The van der Waals surface area contributed by atoms with Crippen LogP contribution in [-0.2, 0) is 0 Å². The van der Waals surface area contributed by atoms with Crippen LogP contribution in [0.1, 0.15) is 21.5 Å². The van der Waals surface area contributed by atoms with Gasteiger partial charge >= 0.3 is 0 Å². The second kappa shape index (κ2) is 5.49. The number of nitrogens with zero attached hydrogens (tertiary/aromatic N) is 1. The van der Waals surface area contributed by atoms with Crippen molar-refractivity contribution in [3.8, 4) is 6.07 Å². The van der Waals surface area contributed by atoms with Gasteiger partial charge in [0.05, 0.1) is 17.2 Å². The summed E-state index contributed by atoms with van der Waals surface area (Å²) in [4.78, 5) is 11.9. The predicted octanol–water partition coefficient (Wildman–Crippen LogP) is 3.40. The number of rotatable bonds is 2. The third-order valence-corrected chi connectivity index (χ3v) is 2.81. The van der Waals surface area contributed by atoms with Crippen molar-refractivity contribution in [1.29, 1.82) is 5.26 Å². The summed E-state index contributed by atoms with van der Waals surface area (Å²) < 4.78 is 26.6. The minimum Gasteiger partial charge on any atom is -0.322 e. The monoisotopic (exact) mass is 272 g/mol. The molecule has 0 aliphatic heterocycles. The molecule has 0 heterocycles. The zero-order valence-corrected chi connectivity index (χ0v) is 10.6. The maximum atomic E-state index is 13.5. The molecular weight excluding hydrogens is 262 g/mol. The average Bonchev–Trinajstić information content (AvgIpc) is 2.44. The van der Waals surface area contributed by atoms with Gasteiger partial charge in [0.2, 0.25) is 0 Å². The highest BCUT2D eigenvalue weighted by Gasteiger charge is 2.15. The molecule has 2 aromatic carbocycles. The van der Waals surface area contributed by atoms with Crippen LogP contribution in [-0.4, -0.2) is 5.91 Å². The number of nitrogens with one attached hydrogen (secondary N) is 1. The van der Waals surface area contributed by atoms with E-state index < -0.39 is 17.5 Å². The second-order valence-corrected chi connectivity index (χ2v) is 4.20. The van der Waals surface area contributed by atoms with Gasteiger partial charge in [-0.1, -0.05) is 12.1 Å². The van der Waals surface area contributed by atoms with Crippen molar-refractivity contribution in [2.24, 2.45) is 0 Å². The lowest BCUT2D eigenvalue weighted by Crippen LogP contribution is -2.15. The Morgan fingerprint density at radius 3 is 2.70 bits per heavy atom.